The number of benzene rings is 2. The Morgan fingerprint density at radius 1 is 1.19 bits per heavy atom. The van der Waals surface area contributed by atoms with Gasteiger partial charge in [-0.3, -0.25) is 13.8 Å². The van der Waals surface area contributed by atoms with Gasteiger partial charge in [-0.2, -0.15) is 0 Å². The summed E-state index contributed by atoms with van der Waals surface area (Å²) in [5.41, 5.74) is 2.84. The SMILES string of the molecule is Cc1ccc([C@@H](C)NC(=O)c2ccc(Cl)cc2NS(=O)(=O)C2=CC=CN3SNC=C23)cc1. The third-order valence-electron chi connectivity index (χ3n) is 4.99. The fourth-order valence-electron chi connectivity index (χ4n) is 3.27. The zero-order valence-corrected chi connectivity index (χ0v) is 19.7. The number of hydrogen-bond acceptors (Lipinski definition) is 6. The molecule has 7 nitrogen and oxygen atoms in total. The maximum absolute atomic E-state index is 13.2. The van der Waals surface area contributed by atoms with Crippen molar-refractivity contribution in [3.8, 4) is 0 Å². The number of anilines is 1. The number of nitrogens with one attached hydrogen (secondary N) is 3. The Labute approximate surface area is 196 Å². The van der Waals surface area contributed by atoms with E-state index in [9.17, 15) is 13.2 Å². The lowest BCUT2D eigenvalue weighted by Crippen LogP contribution is -2.28. The topological polar surface area (TPSA) is 90.5 Å². The number of hydrogen-bond donors (Lipinski definition) is 3. The summed E-state index contributed by atoms with van der Waals surface area (Å²) in [5.74, 6) is -0.413. The molecule has 4 rings (SSSR count). The van der Waals surface area contributed by atoms with Crippen LogP contribution in [0.3, 0.4) is 0 Å². The Morgan fingerprint density at radius 3 is 2.69 bits per heavy atom. The molecule has 0 saturated carbocycles. The van der Waals surface area contributed by atoms with Crippen molar-refractivity contribution in [3.05, 3.63) is 99.3 Å². The molecule has 2 aliphatic rings. The zero-order valence-electron chi connectivity index (χ0n) is 17.3. The van der Waals surface area contributed by atoms with Gasteiger partial charge in [-0.25, -0.2) is 8.42 Å². The molecule has 2 aromatic carbocycles. The summed E-state index contributed by atoms with van der Waals surface area (Å²) in [6.45, 7) is 3.86. The van der Waals surface area contributed by atoms with Crippen LogP contribution in [-0.2, 0) is 10.0 Å². The van der Waals surface area contributed by atoms with Crippen molar-refractivity contribution in [2.24, 2.45) is 0 Å². The molecule has 0 unspecified atom stereocenters. The van der Waals surface area contributed by atoms with E-state index in [2.05, 4.69) is 14.8 Å². The first-order valence-corrected chi connectivity index (χ1v) is 12.4. The molecule has 166 valence electrons. The monoisotopic (exact) mass is 488 g/mol. The molecular formula is C22H21ClN4O3S2. The first kappa shape index (κ1) is 22.3. The number of amides is 1. The lowest BCUT2D eigenvalue weighted by Gasteiger charge is -2.21. The summed E-state index contributed by atoms with van der Waals surface area (Å²) in [6, 6.07) is 12.1. The standard InChI is InChI=1S/C22H21ClN4O3S2/c1-14-5-7-16(8-6-14)15(2)25-22(28)18-10-9-17(23)12-19(18)26-32(29,30)21-4-3-11-27-20(21)13-24-31-27/h3-13,15,24,26H,1-2H3,(H,25,28)/t15-/m1/s1. The Balaban J connectivity index is 1.59. The summed E-state index contributed by atoms with van der Waals surface area (Å²) in [5, 5.41) is 3.23. The minimum atomic E-state index is -3.99. The molecular weight excluding hydrogens is 468 g/mol. The molecule has 1 atom stereocenters. The lowest BCUT2D eigenvalue weighted by molar-refractivity contribution is 0.0941. The number of carbonyl (C=O) groups is 1. The molecule has 0 saturated heterocycles. The number of rotatable bonds is 6. The number of fused-ring (bicyclic) bond motifs is 1. The molecule has 0 radical (unpaired) electrons. The van der Waals surface area contributed by atoms with Crippen LogP contribution in [0.25, 0.3) is 0 Å². The highest BCUT2D eigenvalue weighted by atomic mass is 35.5. The van der Waals surface area contributed by atoms with Gasteiger partial charge in [0.05, 0.1) is 35.1 Å². The molecule has 3 N–H and O–H groups in total. The minimum absolute atomic E-state index is 0.0804. The first-order valence-electron chi connectivity index (χ1n) is 9.75. The van der Waals surface area contributed by atoms with Gasteiger partial charge in [-0.1, -0.05) is 41.4 Å². The summed E-state index contributed by atoms with van der Waals surface area (Å²) in [7, 11) is -3.99. The van der Waals surface area contributed by atoms with Crippen molar-refractivity contribution in [2.75, 3.05) is 4.72 Å². The second-order valence-corrected chi connectivity index (χ2v) is 10.2. The molecule has 0 aliphatic carbocycles. The Morgan fingerprint density at radius 2 is 1.94 bits per heavy atom. The van der Waals surface area contributed by atoms with Gasteiger partial charge in [-0.05, 0) is 49.8 Å². The zero-order chi connectivity index (χ0) is 22.9. The molecule has 1 amide bonds. The third kappa shape index (κ3) is 4.64. The first-order chi connectivity index (χ1) is 15.2. The molecule has 10 heteroatoms. The molecule has 0 spiro atoms. The number of carbonyl (C=O) groups excluding carboxylic acids is 1. The van der Waals surface area contributed by atoms with E-state index in [-0.39, 0.29) is 22.2 Å². The number of aryl methyl sites for hydroxylation is 1. The fourth-order valence-corrected chi connectivity index (χ4v) is 5.42. The van der Waals surface area contributed by atoms with Crippen molar-refractivity contribution in [1.29, 1.82) is 0 Å². The highest BCUT2D eigenvalue weighted by Gasteiger charge is 2.30. The second-order valence-electron chi connectivity index (χ2n) is 7.34. The van der Waals surface area contributed by atoms with E-state index in [1.807, 2.05) is 38.1 Å². The Bertz CT molecular complexity index is 1250. The average Bonchev–Trinajstić information content (AvgIpc) is 3.22. The summed E-state index contributed by atoms with van der Waals surface area (Å²) >= 11 is 7.37. The van der Waals surface area contributed by atoms with Gasteiger partial charge in [0.2, 0.25) is 0 Å². The van der Waals surface area contributed by atoms with E-state index in [0.717, 1.165) is 11.1 Å². The highest BCUT2D eigenvalue weighted by Crippen LogP contribution is 2.34. The van der Waals surface area contributed by atoms with Crippen LogP contribution in [0, 0.1) is 6.92 Å². The second kappa shape index (κ2) is 8.93. The largest absolute Gasteiger partial charge is 0.345 e. The van der Waals surface area contributed by atoms with Crippen LogP contribution in [-0.4, -0.2) is 18.6 Å². The smallest absolute Gasteiger partial charge is 0.264 e. The van der Waals surface area contributed by atoms with Gasteiger partial charge in [0.15, 0.2) is 0 Å². The molecule has 0 bridgehead atoms. The Kier molecular flexibility index (Phi) is 6.23. The van der Waals surface area contributed by atoms with Crippen LogP contribution in [0.4, 0.5) is 5.69 Å². The Hall–Kier alpha value is -2.88. The fraction of sp³-hybridized carbons (Fsp3) is 0.136. The molecule has 2 heterocycles. The number of sulfonamides is 1. The van der Waals surface area contributed by atoms with Gasteiger partial charge in [0.1, 0.15) is 4.91 Å². The normalized spacial score (nSPS) is 15.9. The van der Waals surface area contributed by atoms with E-state index in [1.165, 1.54) is 30.3 Å². The molecule has 2 aromatic rings. The van der Waals surface area contributed by atoms with E-state index in [4.69, 9.17) is 11.6 Å². The van der Waals surface area contributed by atoms with Gasteiger partial charge < -0.3 is 10.0 Å². The number of allylic oxidation sites excluding steroid dienone is 2. The van der Waals surface area contributed by atoms with Crippen molar-refractivity contribution < 1.29 is 13.2 Å². The molecule has 32 heavy (non-hydrogen) atoms. The predicted molar refractivity (Wildman–Crippen MR) is 129 cm³/mol. The predicted octanol–water partition coefficient (Wildman–Crippen LogP) is 4.60. The van der Waals surface area contributed by atoms with Gasteiger partial charge in [0, 0.05) is 17.4 Å². The van der Waals surface area contributed by atoms with Crippen molar-refractivity contribution in [2.45, 2.75) is 19.9 Å². The van der Waals surface area contributed by atoms with Gasteiger partial charge in [-0.15, -0.1) is 0 Å². The average molecular weight is 489 g/mol. The van der Waals surface area contributed by atoms with Crippen LogP contribution >= 0.6 is 23.7 Å². The highest BCUT2D eigenvalue weighted by molar-refractivity contribution is 7.97. The van der Waals surface area contributed by atoms with Crippen LogP contribution in [0.1, 0.15) is 34.5 Å². The number of nitrogens with zero attached hydrogens (tertiary/aromatic N) is 1. The van der Waals surface area contributed by atoms with Crippen molar-refractivity contribution >= 4 is 45.4 Å². The minimum Gasteiger partial charge on any atom is -0.345 e. The van der Waals surface area contributed by atoms with Crippen LogP contribution < -0.4 is 14.8 Å². The van der Waals surface area contributed by atoms with E-state index >= 15 is 0 Å². The summed E-state index contributed by atoms with van der Waals surface area (Å²) in [4.78, 5) is 13.1. The summed E-state index contributed by atoms with van der Waals surface area (Å²) in [6.07, 6.45) is 6.50. The van der Waals surface area contributed by atoms with E-state index in [1.54, 1.807) is 28.8 Å². The number of halogens is 1. The van der Waals surface area contributed by atoms with E-state index < -0.39 is 15.9 Å². The van der Waals surface area contributed by atoms with Crippen molar-refractivity contribution in [3.63, 3.8) is 0 Å². The molecule has 0 aromatic heterocycles. The lowest BCUT2D eigenvalue weighted by atomic mass is 10.1. The quantitative estimate of drug-likeness (QED) is 0.515. The van der Waals surface area contributed by atoms with Crippen LogP contribution in [0.2, 0.25) is 5.02 Å². The van der Waals surface area contributed by atoms with Crippen molar-refractivity contribution in [1.82, 2.24) is 14.3 Å². The molecule has 0 fully saturated rings. The third-order valence-corrected chi connectivity index (χ3v) is 7.38. The van der Waals surface area contributed by atoms with E-state index in [0.29, 0.717) is 10.7 Å². The van der Waals surface area contributed by atoms with Crippen LogP contribution in [0.5, 0.6) is 0 Å². The summed E-state index contributed by atoms with van der Waals surface area (Å²) < 4.78 is 33.5. The maximum Gasteiger partial charge on any atom is 0.264 e. The van der Waals surface area contributed by atoms with Crippen LogP contribution in [0.15, 0.2) is 77.6 Å². The molecule has 2 aliphatic heterocycles. The van der Waals surface area contributed by atoms with Gasteiger partial charge in [0.25, 0.3) is 15.9 Å². The maximum atomic E-state index is 13.2. The van der Waals surface area contributed by atoms with Gasteiger partial charge >= 0.3 is 0 Å².